The Balaban J connectivity index is 1.80. The lowest BCUT2D eigenvalue weighted by Crippen LogP contribution is -2.41. The monoisotopic (exact) mass is 334 g/mol. The number of carbonyl (C=O) groups excluding carboxylic acids is 1. The number of hydrogen-bond donors (Lipinski definition) is 0. The predicted molar refractivity (Wildman–Crippen MR) is 89.3 cm³/mol. The van der Waals surface area contributed by atoms with Gasteiger partial charge in [0.2, 0.25) is 0 Å². The van der Waals surface area contributed by atoms with Crippen LogP contribution in [0.4, 0.5) is 0 Å². The normalized spacial score (nSPS) is 18.3. The Morgan fingerprint density at radius 2 is 2.17 bits per heavy atom. The number of hydrogen-bond acceptors (Lipinski definition) is 5. The molecule has 0 radical (unpaired) electrons. The first-order chi connectivity index (χ1) is 11.0. The van der Waals surface area contributed by atoms with Crippen LogP contribution < -0.4 is 4.74 Å². The number of nitrogens with zero attached hydrogens (tertiary/aromatic N) is 4. The van der Waals surface area contributed by atoms with Gasteiger partial charge in [0.25, 0.3) is 5.91 Å². The molecule has 6 nitrogen and oxygen atoms in total. The lowest BCUT2D eigenvalue weighted by molar-refractivity contribution is 0.0673. The largest absolute Gasteiger partial charge is 0.495 e. The minimum atomic E-state index is 0.0548. The number of rotatable bonds is 3. The SMILES string of the molecule is COc1cc(C)sc1C(=O)N1CCCC(n2nc(C)nc2C)C1. The molecule has 1 aliphatic rings. The molecule has 1 atom stereocenters. The number of ether oxygens (including phenoxy) is 1. The van der Waals surface area contributed by atoms with E-state index in [1.54, 1.807) is 7.11 Å². The van der Waals surface area contributed by atoms with Gasteiger partial charge >= 0.3 is 0 Å². The third kappa shape index (κ3) is 3.10. The first kappa shape index (κ1) is 16.0. The van der Waals surface area contributed by atoms with E-state index in [2.05, 4.69) is 10.1 Å². The summed E-state index contributed by atoms with van der Waals surface area (Å²) >= 11 is 1.49. The van der Waals surface area contributed by atoms with Crippen LogP contribution >= 0.6 is 11.3 Å². The molecule has 0 spiro atoms. The second-order valence-electron chi connectivity index (χ2n) is 5.95. The third-order valence-corrected chi connectivity index (χ3v) is 5.19. The summed E-state index contributed by atoms with van der Waals surface area (Å²) in [5.74, 6) is 2.42. The van der Waals surface area contributed by atoms with Gasteiger partial charge in [0.05, 0.1) is 13.2 Å². The molecule has 2 aromatic heterocycles. The van der Waals surface area contributed by atoms with Crippen molar-refractivity contribution in [2.24, 2.45) is 0 Å². The van der Waals surface area contributed by atoms with E-state index in [1.165, 1.54) is 11.3 Å². The second-order valence-corrected chi connectivity index (χ2v) is 7.21. The molecular formula is C16H22N4O2S. The standard InChI is InChI=1S/C16H22N4O2S/c1-10-8-14(22-4)15(23-10)16(21)19-7-5-6-13(9-19)20-12(3)17-11(2)18-20/h8,13H,5-7,9H2,1-4H3. The van der Waals surface area contributed by atoms with Crippen LogP contribution in [0, 0.1) is 20.8 Å². The van der Waals surface area contributed by atoms with Crippen molar-refractivity contribution in [2.75, 3.05) is 20.2 Å². The maximum absolute atomic E-state index is 12.9. The van der Waals surface area contributed by atoms with Gasteiger partial charge < -0.3 is 9.64 Å². The van der Waals surface area contributed by atoms with E-state index in [0.29, 0.717) is 17.2 Å². The summed E-state index contributed by atoms with van der Waals surface area (Å²) < 4.78 is 7.31. The van der Waals surface area contributed by atoms with Crippen molar-refractivity contribution in [3.8, 4) is 5.75 Å². The van der Waals surface area contributed by atoms with Gasteiger partial charge in [-0.25, -0.2) is 9.67 Å². The van der Waals surface area contributed by atoms with Crippen LogP contribution in [-0.2, 0) is 0 Å². The van der Waals surface area contributed by atoms with Crippen LogP contribution in [0.1, 0.15) is 45.1 Å². The summed E-state index contributed by atoms with van der Waals surface area (Å²) in [4.78, 5) is 20.9. The number of aromatic nitrogens is 3. The lowest BCUT2D eigenvalue weighted by Gasteiger charge is -2.33. The number of aryl methyl sites for hydroxylation is 3. The minimum Gasteiger partial charge on any atom is -0.495 e. The fourth-order valence-electron chi connectivity index (χ4n) is 3.16. The molecule has 7 heteroatoms. The number of methoxy groups -OCH3 is 1. The zero-order valence-electron chi connectivity index (χ0n) is 14.0. The fourth-order valence-corrected chi connectivity index (χ4v) is 4.10. The smallest absolute Gasteiger partial charge is 0.267 e. The summed E-state index contributed by atoms with van der Waals surface area (Å²) in [6, 6.07) is 2.12. The van der Waals surface area contributed by atoms with Crippen LogP contribution in [-0.4, -0.2) is 45.8 Å². The molecular weight excluding hydrogens is 312 g/mol. The number of piperidine rings is 1. The molecule has 0 aromatic carbocycles. The van der Waals surface area contributed by atoms with Gasteiger partial charge in [-0.2, -0.15) is 5.10 Å². The minimum absolute atomic E-state index is 0.0548. The van der Waals surface area contributed by atoms with Gasteiger partial charge in [0, 0.05) is 18.0 Å². The zero-order valence-corrected chi connectivity index (χ0v) is 14.8. The fraction of sp³-hybridized carbons (Fsp3) is 0.562. The molecule has 124 valence electrons. The maximum Gasteiger partial charge on any atom is 0.267 e. The van der Waals surface area contributed by atoms with Crippen LogP contribution in [0.25, 0.3) is 0 Å². The van der Waals surface area contributed by atoms with Crippen molar-refractivity contribution in [3.63, 3.8) is 0 Å². The summed E-state index contributed by atoms with van der Waals surface area (Å²) in [7, 11) is 1.61. The second kappa shape index (κ2) is 6.31. The number of amides is 1. The van der Waals surface area contributed by atoms with E-state index in [0.717, 1.165) is 35.9 Å². The summed E-state index contributed by atoms with van der Waals surface area (Å²) in [5.41, 5.74) is 0. The van der Waals surface area contributed by atoms with Crippen molar-refractivity contribution in [1.29, 1.82) is 0 Å². The summed E-state index contributed by atoms with van der Waals surface area (Å²) in [5, 5.41) is 4.48. The molecule has 0 saturated carbocycles. The third-order valence-electron chi connectivity index (χ3n) is 4.17. The van der Waals surface area contributed by atoms with E-state index in [9.17, 15) is 4.79 Å². The molecule has 3 heterocycles. The van der Waals surface area contributed by atoms with Crippen LogP contribution in [0.15, 0.2) is 6.07 Å². The highest BCUT2D eigenvalue weighted by Crippen LogP contribution is 2.32. The number of carbonyl (C=O) groups is 1. The Hall–Kier alpha value is -1.89. The molecule has 0 aliphatic carbocycles. The van der Waals surface area contributed by atoms with Gasteiger partial charge in [-0.05, 0) is 39.7 Å². The van der Waals surface area contributed by atoms with E-state index in [4.69, 9.17) is 4.74 Å². The quantitative estimate of drug-likeness (QED) is 0.866. The van der Waals surface area contributed by atoms with Crippen molar-refractivity contribution >= 4 is 17.2 Å². The average molecular weight is 334 g/mol. The Bertz CT molecular complexity index is 722. The lowest BCUT2D eigenvalue weighted by atomic mass is 10.1. The van der Waals surface area contributed by atoms with Crippen molar-refractivity contribution < 1.29 is 9.53 Å². The molecule has 2 aromatic rings. The van der Waals surface area contributed by atoms with Gasteiger partial charge in [-0.15, -0.1) is 11.3 Å². The van der Waals surface area contributed by atoms with E-state index in [1.807, 2.05) is 36.4 Å². The van der Waals surface area contributed by atoms with E-state index in [-0.39, 0.29) is 11.9 Å². The molecule has 1 amide bonds. The molecule has 3 rings (SSSR count). The highest BCUT2D eigenvalue weighted by molar-refractivity contribution is 7.14. The number of thiophene rings is 1. The predicted octanol–water partition coefficient (Wildman–Crippen LogP) is 2.75. The summed E-state index contributed by atoms with van der Waals surface area (Å²) in [6.07, 6.45) is 2.00. The maximum atomic E-state index is 12.9. The molecule has 1 saturated heterocycles. The van der Waals surface area contributed by atoms with Gasteiger partial charge in [-0.3, -0.25) is 4.79 Å². The Kier molecular flexibility index (Phi) is 4.39. The molecule has 0 N–H and O–H groups in total. The first-order valence-electron chi connectivity index (χ1n) is 7.83. The molecule has 1 unspecified atom stereocenters. The average Bonchev–Trinajstić information content (AvgIpc) is 3.08. The van der Waals surface area contributed by atoms with Gasteiger partial charge in [0.15, 0.2) is 0 Å². The highest BCUT2D eigenvalue weighted by atomic mass is 32.1. The first-order valence-corrected chi connectivity index (χ1v) is 8.64. The molecule has 0 bridgehead atoms. The van der Waals surface area contributed by atoms with Gasteiger partial charge in [-0.1, -0.05) is 0 Å². The van der Waals surface area contributed by atoms with Crippen LogP contribution in [0.2, 0.25) is 0 Å². The van der Waals surface area contributed by atoms with Crippen molar-refractivity contribution in [1.82, 2.24) is 19.7 Å². The number of likely N-dealkylation sites (tertiary alicyclic amines) is 1. The Morgan fingerprint density at radius 1 is 1.39 bits per heavy atom. The van der Waals surface area contributed by atoms with Crippen molar-refractivity contribution in [3.05, 3.63) is 27.5 Å². The van der Waals surface area contributed by atoms with E-state index >= 15 is 0 Å². The van der Waals surface area contributed by atoms with Crippen molar-refractivity contribution in [2.45, 2.75) is 39.7 Å². The highest BCUT2D eigenvalue weighted by Gasteiger charge is 2.29. The van der Waals surface area contributed by atoms with Crippen LogP contribution in [0.5, 0.6) is 5.75 Å². The van der Waals surface area contributed by atoms with Crippen LogP contribution in [0.3, 0.4) is 0 Å². The molecule has 1 fully saturated rings. The molecule has 23 heavy (non-hydrogen) atoms. The van der Waals surface area contributed by atoms with E-state index < -0.39 is 0 Å². The van der Waals surface area contributed by atoms with Gasteiger partial charge in [0.1, 0.15) is 22.3 Å². The zero-order chi connectivity index (χ0) is 16.6. The summed E-state index contributed by atoms with van der Waals surface area (Å²) in [6.45, 7) is 7.30. The topological polar surface area (TPSA) is 60.2 Å². The molecule has 1 aliphatic heterocycles. The Morgan fingerprint density at radius 3 is 2.83 bits per heavy atom. The Labute approximate surface area is 140 Å².